The Morgan fingerprint density at radius 2 is 1.67 bits per heavy atom. The Bertz CT molecular complexity index is 1200. The van der Waals surface area contributed by atoms with Crippen LogP contribution in [0.5, 0.6) is 0 Å². The second kappa shape index (κ2) is 7.29. The van der Waals surface area contributed by atoms with Crippen LogP contribution in [0.1, 0.15) is 45.7 Å². The van der Waals surface area contributed by atoms with Crippen LogP contribution in [0.25, 0.3) is 11.1 Å². The molecular weight excluding hydrogens is 446 g/mol. The number of fused-ring (bicyclic) bond motifs is 2. The number of aromatic carboxylic acids is 1. The minimum Gasteiger partial charge on any atom is -0.478 e. The zero-order valence-corrected chi connectivity index (χ0v) is 18.3. The van der Waals surface area contributed by atoms with Crippen molar-refractivity contribution in [2.45, 2.75) is 19.3 Å². The molecule has 0 bridgehead atoms. The lowest BCUT2D eigenvalue weighted by atomic mass is 9.71. The summed E-state index contributed by atoms with van der Waals surface area (Å²) in [6.07, 6.45) is 0. The van der Waals surface area contributed by atoms with Crippen molar-refractivity contribution in [2.75, 3.05) is 12.4 Å². The van der Waals surface area contributed by atoms with Gasteiger partial charge in [-0.3, -0.25) is 0 Å². The maximum absolute atomic E-state index is 12.3. The van der Waals surface area contributed by atoms with Crippen molar-refractivity contribution in [1.29, 1.82) is 0 Å². The highest BCUT2D eigenvalue weighted by molar-refractivity contribution is 9.10. The van der Waals surface area contributed by atoms with Gasteiger partial charge >= 0.3 is 11.9 Å². The molecule has 0 aromatic heterocycles. The largest absolute Gasteiger partial charge is 0.478 e. The first-order valence-corrected chi connectivity index (χ1v) is 10.2. The third kappa shape index (κ3) is 3.08. The smallest absolute Gasteiger partial charge is 0.339 e. The number of rotatable bonds is 3. The normalized spacial score (nSPS) is 13.6. The minimum atomic E-state index is -1.12. The number of ether oxygens (including phenoxy) is 1. The molecular formula is C24H20BrNO4. The summed E-state index contributed by atoms with van der Waals surface area (Å²) >= 11 is 3.25. The number of carbonyl (C=O) groups is 2. The van der Waals surface area contributed by atoms with E-state index in [-0.39, 0.29) is 21.0 Å². The Morgan fingerprint density at radius 3 is 2.37 bits per heavy atom. The lowest BCUT2D eigenvalue weighted by Gasteiger charge is -2.37. The number of anilines is 2. The van der Waals surface area contributed by atoms with E-state index in [0.717, 1.165) is 28.1 Å². The molecule has 3 aromatic rings. The molecule has 0 unspecified atom stereocenters. The molecule has 0 atom stereocenters. The van der Waals surface area contributed by atoms with Gasteiger partial charge in [0, 0.05) is 21.3 Å². The van der Waals surface area contributed by atoms with Gasteiger partial charge in [-0.1, -0.05) is 44.2 Å². The van der Waals surface area contributed by atoms with E-state index in [9.17, 15) is 14.7 Å². The predicted molar refractivity (Wildman–Crippen MR) is 120 cm³/mol. The number of nitrogens with one attached hydrogen (secondary N) is 1. The highest BCUT2D eigenvalue weighted by atomic mass is 79.9. The predicted octanol–water partition coefficient (Wildman–Crippen LogP) is 5.98. The standard InChI is InChI=1S/C24H20BrNO4/c1-24(2)17-8-4-5-9-18(17)26-19-10-6-7-14(20(19)24)13-11-15(22(27)28)21(25)16(12-13)23(29)30-3/h4-12,26H,1-3H3,(H,27,28). The minimum absolute atomic E-state index is 0.00692. The van der Waals surface area contributed by atoms with Gasteiger partial charge in [0.1, 0.15) is 0 Å². The number of carbonyl (C=O) groups excluding carboxylic acids is 1. The molecule has 2 N–H and O–H groups in total. The van der Waals surface area contributed by atoms with Crippen LogP contribution in [-0.4, -0.2) is 24.2 Å². The zero-order valence-electron chi connectivity index (χ0n) is 16.7. The van der Waals surface area contributed by atoms with E-state index in [1.54, 1.807) is 12.1 Å². The number of hydrogen-bond acceptors (Lipinski definition) is 4. The molecule has 0 amide bonds. The van der Waals surface area contributed by atoms with Crippen LogP contribution in [-0.2, 0) is 10.2 Å². The Balaban J connectivity index is 2.00. The molecule has 30 heavy (non-hydrogen) atoms. The van der Waals surface area contributed by atoms with Gasteiger partial charge in [0.15, 0.2) is 0 Å². The zero-order chi connectivity index (χ0) is 21.6. The third-order valence-electron chi connectivity index (χ3n) is 5.58. The summed E-state index contributed by atoms with van der Waals surface area (Å²) in [4.78, 5) is 24.2. The van der Waals surface area contributed by atoms with Gasteiger partial charge in [-0.15, -0.1) is 0 Å². The fourth-order valence-electron chi connectivity index (χ4n) is 4.18. The van der Waals surface area contributed by atoms with Crippen molar-refractivity contribution in [2.24, 2.45) is 0 Å². The van der Waals surface area contributed by atoms with Gasteiger partial charge in [-0.05, 0) is 62.4 Å². The van der Waals surface area contributed by atoms with Crippen molar-refractivity contribution < 1.29 is 19.4 Å². The molecule has 0 saturated carbocycles. The molecule has 6 heteroatoms. The highest BCUT2D eigenvalue weighted by Crippen LogP contribution is 2.49. The summed E-state index contributed by atoms with van der Waals surface area (Å²) in [5.74, 6) is -1.72. The molecule has 1 aliphatic rings. The van der Waals surface area contributed by atoms with Crippen LogP contribution in [0, 0.1) is 0 Å². The van der Waals surface area contributed by atoms with Crippen molar-refractivity contribution in [1.82, 2.24) is 0 Å². The average molecular weight is 466 g/mol. The van der Waals surface area contributed by atoms with Gasteiger partial charge < -0.3 is 15.2 Å². The number of carboxylic acid groups (broad SMARTS) is 1. The summed E-state index contributed by atoms with van der Waals surface area (Å²) in [6.45, 7) is 4.29. The lowest BCUT2D eigenvalue weighted by Crippen LogP contribution is -2.26. The molecule has 0 spiro atoms. The Labute approximate surface area is 182 Å². The first-order chi connectivity index (χ1) is 14.3. The quantitative estimate of drug-likeness (QED) is 0.465. The van der Waals surface area contributed by atoms with E-state index in [0.29, 0.717) is 5.56 Å². The third-order valence-corrected chi connectivity index (χ3v) is 6.43. The van der Waals surface area contributed by atoms with E-state index in [1.807, 2.05) is 36.4 Å². The van der Waals surface area contributed by atoms with Crippen LogP contribution >= 0.6 is 15.9 Å². The number of halogens is 1. The monoisotopic (exact) mass is 465 g/mol. The second-order valence-corrected chi connectivity index (χ2v) is 8.50. The lowest BCUT2D eigenvalue weighted by molar-refractivity contribution is 0.0599. The molecule has 0 fully saturated rings. The summed E-state index contributed by atoms with van der Waals surface area (Å²) in [6, 6.07) is 17.3. The number of carboxylic acids is 1. The van der Waals surface area contributed by atoms with Crippen LogP contribution in [0.15, 0.2) is 59.1 Å². The number of benzene rings is 3. The fraction of sp³-hybridized carbons (Fsp3) is 0.167. The highest BCUT2D eigenvalue weighted by Gasteiger charge is 2.35. The number of hydrogen-bond donors (Lipinski definition) is 2. The molecule has 3 aromatic carbocycles. The van der Waals surface area contributed by atoms with E-state index < -0.39 is 11.9 Å². The fourth-order valence-corrected chi connectivity index (χ4v) is 4.74. The molecule has 1 heterocycles. The molecule has 0 saturated heterocycles. The molecule has 5 nitrogen and oxygen atoms in total. The molecule has 0 aliphatic carbocycles. The van der Waals surface area contributed by atoms with Gasteiger partial charge in [-0.2, -0.15) is 0 Å². The van der Waals surface area contributed by atoms with Crippen LogP contribution in [0.3, 0.4) is 0 Å². The van der Waals surface area contributed by atoms with Gasteiger partial charge in [0.2, 0.25) is 0 Å². The number of methoxy groups -OCH3 is 1. The SMILES string of the molecule is COC(=O)c1cc(-c2cccc3c2C(C)(C)c2ccccc2N3)cc(C(=O)O)c1Br. The van der Waals surface area contributed by atoms with E-state index in [1.165, 1.54) is 7.11 Å². The van der Waals surface area contributed by atoms with E-state index in [4.69, 9.17) is 4.74 Å². The van der Waals surface area contributed by atoms with Crippen LogP contribution in [0.2, 0.25) is 0 Å². The van der Waals surface area contributed by atoms with Crippen molar-refractivity contribution in [3.8, 4) is 11.1 Å². The Kier molecular flexibility index (Phi) is 4.90. The van der Waals surface area contributed by atoms with Gasteiger partial charge in [0.25, 0.3) is 0 Å². The summed E-state index contributed by atoms with van der Waals surface area (Å²) in [5.41, 5.74) is 5.53. The maximum atomic E-state index is 12.3. The summed E-state index contributed by atoms with van der Waals surface area (Å²) in [7, 11) is 1.27. The Hall–Kier alpha value is -3.12. The van der Waals surface area contributed by atoms with Gasteiger partial charge in [-0.25, -0.2) is 9.59 Å². The second-order valence-electron chi connectivity index (χ2n) is 7.71. The average Bonchev–Trinajstić information content (AvgIpc) is 2.72. The van der Waals surface area contributed by atoms with Crippen LogP contribution < -0.4 is 5.32 Å². The van der Waals surface area contributed by atoms with Crippen molar-refractivity contribution in [3.63, 3.8) is 0 Å². The van der Waals surface area contributed by atoms with Crippen molar-refractivity contribution >= 4 is 39.2 Å². The van der Waals surface area contributed by atoms with Crippen molar-refractivity contribution in [3.05, 3.63) is 81.3 Å². The first-order valence-electron chi connectivity index (χ1n) is 9.41. The number of para-hydroxylation sites is 1. The van der Waals surface area contributed by atoms with Crippen LogP contribution in [0.4, 0.5) is 11.4 Å². The molecule has 0 radical (unpaired) electrons. The maximum Gasteiger partial charge on any atom is 0.339 e. The van der Waals surface area contributed by atoms with Gasteiger partial charge in [0.05, 0.1) is 18.2 Å². The summed E-state index contributed by atoms with van der Waals surface area (Å²) in [5, 5.41) is 13.2. The number of esters is 1. The molecule has 152 valence electrons. The topological polar surface area (TPSA) is 75.6 Å². The Morgan fingerprint density at radius 1 is 1.00 bits per heavy atom. The summed E-state index contributed by atoms with van der Waals surface area (Å²) < 4.78 is 5.08. The van der Waals surface area contributed by atoms with E-state index in [2.05, 4.69) is 41.2 Å². The first kappa shape index (κ1) is 20.2. The molecule has 1 aliphatic heterocycles. The van der Waals surface area contributed by atoms with E-state index >= 15 is 0 Å². The molecule has 4 rings (SSSR count).